The molecule has 3 rings (SSSR count). The standard InChI is InChI=1S/C20H19N3O4S2/c1-13-17(19(25)21-12-14-8-4-3-5-9-14)28-20(22-13)23-18(24)15-10-6-7-11-16(15)29(2,26)27/h3-11H,12H2,1-2H3,(H,21,25)(H,22,23,24). The van der Waals surface area contributed by atoms with Crippen LogP contribution in [0, 0.1) is 6.92 Å². The summed E-state index contributed by atoms with van der Waals surface area (Å²) in [5.74, 6) is -0.892. The molecular weight excluding hydrogens is 410 g/mol. The molecule has 0 saturated carbocycles. The predicted octanol–water partition coefficient (Wildman–Crippen LogP) is 3.04. The molecule has 0 spiro atoms. The van der Waals surface area contributed by atoms with E-state index in [4.69, 9.17) is 0 Å². The number of sulfone groups is 1. The van der Waals surface area contributed by atoms with Gasteiger partial charge >= 0.3 is 0 Å². The molecule has 1 heterocycles. The molecule has 1 aromatic heterocycles. The number of aromatic nitrogens is 1. The minimum Gasteiger partial charge on any atom is -0.347 e. The summed E-state index contributed by atoms with van der Waals surface area (Å²) < 4.78 is 23.8. The van der Waals surface area contributed by atoms with Crippen LogP contribution in [0.15, 0.2) is 59.5 Å². The smallest absolute Gasteiger partial charge is 0.263 e. The zero-order valence-corrected chi connectivity index (χ0v) is 17.4. The number of carbonyl (C=O) groups is 2. The summed E-state index contributed by atoms with van der Waals surface area (Å²) in [5, 5.41) is 5.63. The van der Waals surface area contributed by atoms with E-state index >= 15 is 0 Å². The first kappa shape index (κ1) is 20.7. The number of rotatable bonds is 6. The van der Waals surface area contributed by atoms with Gasteiger partial charge in [-0.05, 0) is 24.6 Å². The fourth-order valence-corrected chi connectivity index (χ4v) is 4.42. The number of benzene rings is 2. The molecular formula is C20H19N3O4S2. The van der Waals surface area contributed by atoms with E-state index in [2.05, 4.69) is 15.6 Å². The Morgan fingerprint density at radius 1 is 1.00 bits per heavy atom. The van der Waals surface area contributed by atoms with Crippen LogP contribution in [0.4, 0.5) is 5.13 Å². The second-order valence-corrected chi connectivity index (χ2v) is 9.31. The number of aryl methyl sites for hydroxylation is 1. The summed E-state index contributed by atoms with van der Waals surface area (Å²) in [7, 11) is -3.56. The van der Waals surface area contributed by atoms with Crippen LogP contribution in [0.1, 0.15) is 31.3 Å². The maximum Gasteiger partial charge on any atom is 0.263 e. The molecule has 150 valence electrons. The van der Waals surface area contributed by atoms with Gasteiger partial charge < -0.3 is 5.32 Å². The molecule has 2 N–H and O–H groups in total. The van der Waals surface area contributed by atoms with Gasteiger partial charge in [0, 0.05) is 12.8 Å². The molecule has 3 aromatic rings. The Balaban J connectivity index is 1.74. The highest BCUT2D eigenvalue weighted by molar-refractivity contribution is 7.90. The van der Waals surface area contributed by atoms with Gasteiger partial charge in [0.25, 0.3) is 11.8 Å². The molecule has 0 unspecified atom stereocenters. The highest BCUT2D eigenvalue weighted by atomic mass is 32.2. The molecule has 0 fully saturated rings. The van der Waals surface area contributed by atoms with Crippen LogP contribution >= 0.6 is 11.3 Å². The number of anilines is 1. The normalized spacial score (nSPS) is 11.1. The Morgan fingerprint density at radius 2 is 1.66 bits per heavy atom. The van der Waals surface area contributed by atoms with E-state index in [0.717, 1.165) is 23.2 Å². The minimum atomic E-state index is -3.56. The van der Waals surface area contributed by atoms with E-state index in [1.165, 1.54) is 12.1 Å². The third kappa shape index (κ3) is 5.07. The molecule has 2 amide bonds. The molecule has 0 bridgehead atoms. The Kier molecular flexibility index (Phi) is 6.09. The summed E-state index contributed by atoms with van der Waals surface area (Å²) in [6.45, 7) is 2.05. The Morgan fingerprint density at radius 3 is 2.34 bits per heavy atom. The molecule has 0 saturated heterocycles. The zero-order chi connectivity index (χ0) is 21.0. The van der Waals surface area contributed by atoms with Crippen molar-refractivity contribution in [3.8, 4) is 0 Å². The van der Waals surface area contributed by atoms with E-state index in [0.29, 0.717) is 17.1 Å². The van der Waals surface area contributed by atoms with Gasteiger partial charge in [0.1, 0.15) is 4.88 Å². The van der Waals surface area contributed by atoms with Crippen molar-refractivity contribution in [3.63, 3.8) is 0 Å². The lowest BCUT2D eigenvalue weighted by Gasteiger charge is -2.07. The number of nitrogens with zero attached hydrogens (tertiary/aromatic N) is 1. The monoisotopic (exact) mass is 429 g/mol. The number of hydrogen-bond acceptors (Lipinski definition) is 6. The maximum atomic E-state index is 12.6. The summed E-state index contributed by atoms with van der Waals surface area (Å²) in [6, 6.07) is 15.4. The van der Waals surface area contributed by atoms with E-state index in [1.54, 1.807) is 19.1 Å². The first-order chi connectivity index (χ1) is 13.8. The van der Waals surface area contributed by atoms with Crippen molar-refractivity contribution < 1.29 is 18.0 Å². The van der Waals surface area contributed by atoms with Gasteiger partial charge in [-0.2, -0.15) is 0 Å². The Hall–Kier alpha value is -3.04. The van der Waals surface area contributed by atoms with Gasteiger partial charge in [-0.15, -0.1) is 0 Å². The summed E-state index contributed by atoms with van der Waals surface area (Å²) in [4.78, 5) is 29.6. The van der Waals surface area contributed by atoms with Crippen molar-refractivity contribution in [2.45, 2.75) is 18.4 Å². The van der Waals surface area contributed by atoms with Gasteiger partial charge in [-0.1, -0.05) is 53.8 Å². The second-order valence-electron chi connectivity index (χ2n) is 6.32. The maximum absolute atomic E-state index is 12.6. The average molecular weight is 430 g/mol. The van der Waals surface area contributed by atoms with Crippen LogP contribution in [0.5, 0.6) is 0 Å². The highest BCUT2D eigenvalue weighted by Gasteiger charge is 2.21. The van der Waals surface area contributed by atoms with Gasteiger partial charge in [0.2, 0.25) is 0 Å². The molecule has 0 aliphatic rings. The number of carbonyl (C=O) groups excluding carboxylic acids is 2. The molecule has 0 aliphatic heterocycles. The van der Waals surface area contributed by atoms with Crippen LogP contribution < -0.4 is 10.6 Å². The third-order valence-corrected chi connectivity index (χ3v) is 6.28. The summed E-state index contributed by atoms with van der Waals surface area (Å²) >= 11 is 1.03. The Labute approximate surface area is 172 Å². The SMILES string of the molecule is Cc1nc(NC(=O)c2ccccc2S(C)(=O)=O)sc1C(=O)NCc1ccccc1. The molecule has 7 nitrogen and oxygen atoms in total. The lowest BCUT2D eigenvalue weighted by atomic mass is 10.2. The third-order valence-electron chi connectivity index (χ3n) is 4.05. The van der Waals surface area contributed by atoms with Crippen molar-refractivity contribution >= 4 is 38.1 Å². The lowest BCUT2D eigenvalue weighted by molar-refractivity contribution is 0.0953. The van der Waals surface area contributed by atoms with Gasteiger partial charge in [0.15, 0.2) is 15.0 Å². The van der Waals surface area contributed by atoms with E-state index in [9.17, 15) is 18.0 Å². The van der Waals surface area contributed by atoms with Crippen molar-refractivity contribution in [3.05, 3.63) is 76.3 Å². The van der Waals surface area contributed by atoms with Crippen molar-refractivity contribution in [2.75, 3.05) is 11.6 Å². The van der Waals surface area contributed by atoms with E-state index in [-0.39, 0.29) is 21.5 Å². The largest absolute Gasteiger partial charge is 0.347 e. The Bertz CT molecular complexity index is 1160. The molecule has 0 aliphatic carbocycles. The molecule has 2 aromatic carbocycles. The average Bonchev–Trinajstić information content (AvgIpc) is 3.06. The van der Waals surface area contributed by atoms with Crippen LogP contribution in [0.25, 0.3) is 0 Å². The van der Waals surface area contributed by atoms with E-state index in [1.807, 2.05) is 30.3 Å². The zero-order valence-electron chi connectivity index (χ0n) is 15.8. The van der Waals surface area contributed by atoms with Crippen molar-refractivity contribution in [1.29, 1.82) is 0 Å². The minimum absolute atomic E-state index is 0.0259. The topological polar surface area (TPSA) is 105 Å². The van der Waals surface area contributed by atoms with Gasteiger partial charge in [0.05, 0.1) is 16.2 Å². The van der Waals surface area contributed by atoms with Gasteiger partial charge in [-0.25, -0.2) is 13.4 Å². The quantitative estimate of drug-likeness (QED) is 0.627. The summed E-state index contributed by atoms with van der Waals surface area (Å²) in [6.07, 6.45) is 1.04. The number of amides is 2. The number of hydrogen-bond donors (Lipinski definition) is 2. The molecule has 0 radical (unpaired) electrons. The van der Waals surface area contributed by atoms with Crippen molar-refractivity contribution in [1.82, 2.24) is 10.3 Å². The summed E-state index contributed by atoms with van der Waals surface area (Å²) in [5.41, 5.74) is 1.47. The van der Waals surface area contributed by atoms with Gasteiger partial charge in [-0.3, -0.25) is 14.9 Å². The number of thiazole rings is 1. The predicted molar refractivity (Wildman–Crippen MR) is 112 cm³/mol. The molecule has 0 atom stereocenters. The van der Waals surface area contributed by atoms with Crippen LogP contribution in [0.2, 0.25) is 0 Å². The van der Waals surface area contributed by atoms with Crippen LogP contribution in [-0.4, -0.2) is 31.5 Å². The number of nitrogens with one attached hydrogen (secondary N) is 2. The van der Waals surface area contributed by atoms with Crippen LogP contribution in [0.3, 0.4) is 0 Å². The first-order valence-corrected chi connectivity index (χ1v) is 11.4. The molecule has 9 heteroatoms. The van der Waals surface area contributed by atoms with E-state index < -0.39 is 15.7 Å². The lowest BCUT2D eigenvalue weighted by Crippen LogP contribution is -2.22. The highest BCUT2D eigenvalue weighted by Crippen LogP contribution is 2.24. The van der Waals surface area contributed by atoms with Crippen LogP contribution in [-0.2, 0) is 16.4 Å². The second kappa shape index (κ2) is 8.54. The fraction of sp³-hybridized carbons (Fsp3) is 0.150. The van der Waals surface area contributed by atoms with Crippen molar-refractivity contribution in [2.24, 2.45) is 0 Å². The fourth-order valence-electron chi connectivity index (χ4n) is 2.66. The molecule has 29 heavy (non-hydrogen) atoms. The first-order valence-electron chi connectivity index (χ1n) is 8.65.